The Kier molecular flexibility index (Phi) is 4.41. The van der Waals surface area contributed by atoms with Gasteiger partial charge >= 0.3 is 18.5 Å². The SMILES string of the molecule is O=C(O)c1cc(-c2ccccc2OC(F)(F)F)ncc1C(F)(F)F. The number of aromatic nitrogens is 1. The molecule has 128 valence electrons. The van der Waals surface area contributed by atoms with Gasteiger partial charge in [0.25, 0.3) is 0 Å². The molecule has 1 N–H and O–H groups in total. The van der Waals surface area contributed by atoms with E-state index in [1.165, 1.54) is 12.1 Å². The van der Waals surface area contributed by atoms with Gasteiger partial charge in [0.15, 0.2) is 0 Å². The quantitative estimate of drug-likeness (QED) is 0.835. The summed E-state index contributed by atoms with van der Waals surface area (Å²) < 4.78 is 79.2. The fraction of sp³-hybridized carbons (Fsp3) is 0.143. The average molecular weight is 351 g/mol. The number of para-hydroxylation sites is 1. The largest absolute Gasteiger partial charge is 0.573 e. The molecule has 24 heavy (non-hydrogen) atoms. The van der Waals surface area contributed by atoms with Gasteiger partial charge in [-0.15, -0.1) is 13.2 Å². The molecule has 0 aliphatic heterocycles. The van der Waals surface area contributed by atoms with E-state index in [2.05, 4.69) is 9.72 Å². The van der Waals surface area contributed by atoms with Crippen molar-refractivity contribution < 1.29 is 41.0 Å². The van der Waals surface area contributed by atoms with Crippen molar-refractivity contribution in [2.24, 2.45) is 0 Å². The summed E-state index contributed by atoms with van der Waals surface area (Å²) in [7, 11) is 0. The second-order valence-electron chi connectivity index (χ2n) is 4.46. The first-order valence-electron chi connectivity index (χ1n) is 6.15. The van der Waals surface area contributed by atoms with E-state index in [1.54, 1.807) is 0 Å². The smallest absolute Gasteiger partial charge is 0.478 e. The molecule has 0 saturated carbocycles. The van der Waals surface area contributed by atoms with Gasteiger partial charge in [-0.2, -0.15) is 13.2 Å². The molecule has 0 spiro atoms. The van der Waals surface area contributed by atoms with Crippen molar-refractivity contribution in [2.45, 2.75) is 12.5 Å². The maximum atomic E-state index is 12.8. The molecule has 1 aromatic heterocycles. The maximum Gasteiger partial charge on any atom is 0.573 e. The van der Waals surface area contributed by atoms with E-state index in [-0.39, 0.29) is 11.8 Å². The van der Waals surface area contributed by atoms with E-state index in [9.17, 15) is 31.1 Å². The van der Waals surface area contributed by atoms with Crippen LogP contribution in [0.15, 0.2) is 36.5 Å². The lowest BCUT2D eigenvalue weighted by molar-refractivity contribution is -0.274. The van der Waals surface area contributed by atoms with Crippen LogP contribution in [-0.2, 0) is 6.18 Å². The van der Waals surface area contributed by atoms with E-state index in [4.69, 9.17) is 5.11 Å². The van der Waals surface area contributed by atoms with Crippen molar-refractivity contribution in [2.75, 3.05) is 0 Å². The molecule has 0 radical (unpaired) electrons. The molecular weight excluding hydrogens is 344 g/mol. The Morgan fingerprint density at radius 3 is 2.25 bits per heavy atom. The Morgan fingerprint density at radius 1 is 1.08 bits per heavy atom. The molecule has 0 unspecified atom stereocenters. The standard InChI is InChI=1S/C14H7F6NO3/c15-13(16,17)9-6-21-10(5-8(9)12(22)23)7-3-1-2-4-11(7)24-14(18,19)20/h1-6H,(H,22,23). The van der Waals surface area contributed by atoms with Crippen LogP contribution in [0.4, 0.5) is 26.3 Å². The molecule has 0 saturated heterocycles. The lowest BCUT2D eigenvalue weighted by Crippen LogP contribution is -2.18. The Bertz CT molecular complexity index is 770. The molecule has 0 fully saturated rings. The minimum Gasteiger partial charge on any atom is -0.478 e. The second kappa shape index (κ2) is 6.02. The Labute approximate surface area is 130 Å². The van der Waals surface area contributed by atoms with Crippen molar-refractivity contribution in [1.82, 2.24) is 4.98 Å². The monoisotopic (exact) mass is 351 g/mol. The third-order valence-electron chi connectivity index (χ3n) is 2.83. The van der Waals surface area contributed by atoms with Gasteiger partial charge in [-0.3, -0.25) is 4.98 Å². The highest BCUT2D eigenvalue weighted by Gasteiger charge is 2.37. The van der Waals surface area contributed by atoms with Crippen molar-refractivity contribution in [3.63, 3.8) is 0 Å². The van der Waals surface area contributed by atoms with E-state index in [0.717, 1.165) is 12.1 Å². The molecule has 0 aliphatic rings. The predicted octanol–water partition coefficient (Wildman–Crippen LogP) is 4.36. The first kappa shape index (κ1) is 17.6. The average Bonchev–Trinajstić information content (AvgIpc) is 2.44. The summed E-state index contributed by atoms with van der Waals surface area (Å²) in [6.45, 7) is 0. The first-order chi connectivity index (χ1) is 11.0. The number of nitrogens with zero attached hydrogens (tertiary/aromatic N) is 1. The summed E-state index contributed by atoms with van der Waals surface area (Å²) in [5, 5.41) is 8.92. The number of benzene rings is 1. The molecule has 2 aromatic rings. The number of alkyl halides is 6. The number of carbonyl (C=O) groups is 1. The molecular formula is C14H7F6NO3. The first-order valence-corrected chi connectivity index (χ1v) is 6.15. The van der Waals surface area contributed by atoms with Gasteiger partial charge in [-0.1, -0.05) is 12.1 Å². The van der Waals surface area contributed by atoms with Crippen LogP contribution in [0.2, 0.25) is 0 Å². The summed E-state index contributed by atoms with van der Waals surface area (Å²) in [5.41, 5.74) is -3.34. The van der Waals surface area contributed by atoms with Crippen LogP contribution >= 0.6 is 0 Å². The highest BCUT2D eigenvalue weighted by atomic mass is 19.4. The van der Waals surface area contributed by atoms with Crippen molar-refractivity contribution >= 4 is 5.97 Å². The van der Waals surface area contributed by atoms with Crippen LogP contribution in [0.5, 0.6) is 5.75 Å². The molecule has 1 aromatic carbocycles. The van der Waals surface area contributed by atoms with E-state index >= 15 is 0 Å². The van der Waals surface area contributed by atoms with E-state index in [1.807, 2.05) is 0 Å². The number of hydrogen-bond acceptors (Lipinski definition) is 3. The molecule has 0 aliphatic carbocycles. The summed E-state index contributed by atoms with van der Waals surface area (Å²) in [6, 6.07) is 5.11. The number of pyridine rings is 1. The van der Waals surface area contributed by atoms with Gasteiger partial charge in [0.05, 0.1) is 16.8 Å². The summed E-state index contributed by atoms with van der Waals surface area (Å²) in [4.78, 5) is 14.4. The van der Waals surface area contributed by atoms with Crippen molar-refractivity contribution in [1.29, 1.82) is 0 Å². The van der Waals surface area contributed by atoms with Crippen LogP contribution in [0.1, 0.15) is 15.9 Å². The van der Waals surface area contributed by atoms with Gasteiger partial charge in [0.2, 0.25) is 0 Å². The second-order valence-corrected chi connectivity index (χ2v) is 4.46. The number of rotatable bonds is 3. The fourth-order valence-electron chi connectivity index (χ4n) is 1.90. The number of aromatic carboxylic acids is 1. The van der Waals surface area contributed by atoms with Gasteiger partial charge in [-0.25, -0.2) is 4.79 Å². The summed E-state index contributed by atoms with van der Waals surface area (Å²) >= 11 is 0. The number of carboxylic acids is 1. The summed E-state index contributed by atoms with van der Waals surface area (Å²) in [6.07, 6.45) is -9.75. The molecule has 1 heterocycles. The molecule has 4 nitrogen and oxygen atoms in total. The van der Waals surface area contributed by atoms with E-state index < -0.39 is 41.1 Å². The molecule has 0 atom stereocenters. The Balaban J connectivity index is 2.59. The third kappa shape index (κ3) is 3.94. The van der Waals surface area contributed by atoms with Crippen LogP contribution in [0.3, 0.4) is 0 Å². The lowest BCUT2D eigenvalue weighted by atomic mass is 10.0. The number of ether oxygens (including phenoxy) is 1. The number of halogens is 6. The molecule has 2 rings (SSSR count). The Hall–Kier alpha value is -2.78. The molecule has 10 heteroatoms. The minimum atomic E-state index is -5.03. The normalized spacial score (nSPS) is 12.1. The minimum absolute atomic E-state index is 0.253. The zero-order valence-electron chi connectivity index (χ0n) is 11.4. The maximum absolute atomic E-state index is 12.8. The highest BCUT2D eigenvalue weighted by Crippen LogP contribution is 2.36. The molecule has 0 amide bonds. The Morgan fingerprint density at radius 2 is 1.71 bits per heavy atom. The predicted molar refractivity (Wildman–Crippen MR) is 68.3 cm³/mol. The zero-order valence-corrected chi connectivity index (χ0v) is 11.4. The van der Waals surface area contributed by atoms with Gasteiger partial charge in [-0.05, 0) is 18.2 Å². The number of hydrogen-bond donors (Lipinski definition) is 1. The van der Waals surface area contributed by atoms with Crippen molar-refractivity contribution in [3.8, 4) is 17.0 Å². The molecule has 0 bridgehead atoms. The van der Waals surface area contributed by atoms with Crippen LogP contribution < -0.4 is 4.74 Å². The fourth-order valence-corrected chi connectivity index (χ4v) is 1.90. The topological polar surface area (TPSA) is 59.4 Å². The van der Waals surface area contributed by atoms with Crippen LogP contribution in [-0.4, -0.2) is 22.4 Å². The van der Waals surface area contributed by atoms with Gasteiger partial charge < -0.3 is 9.84 Å². The van der Waals surface area contributed by atoms with Crippen molar-refractivity contribution in [3.05, 3.63) is 47.7 Å². The van der Waals surface area contributed by atoms with Crippen LogP contribution in [0, 0.1) is 0 Å². The van der Waals surface area contributed by atoms with Crippen LogP contribution in [0.25, 0.3) is 11.3 Å². The zero-order chi connectivity index (χ0) is 18.1. The van der Waals surface area contributed by atoms with E-state index in [0.29, 0.717) is 6.07 Å². The van der Waals surface area contributed by atoms with Gasteiger partial charge in [0, 0.05) is 11.8 Å². The third-order valence-corrected chi connectivity index (χ3v) is 2.83. The highest BCUT2D eigenvalue weighted by molar-refractivity contribution is 5.91. The number of carboxylic acid groups (broad SMARTS) is 1. The lowest BCUT2D eigenvalue weighted by Gasteiger charge is -2.14. The summed E-state index contributed by atoms with van der Waals surface area (Å²) in [5.74, 6) is -2.60. The van der Waals surface area contributed by atoms with Gasteiger partial charge in [0.1, 0.15) is 5.75 Å².